The number of hydrogen-bond acceptors (Lipinski definition) is 4. The molecule has 134 valence electrons. The zero-order valence-electron chi connectivity index (χ0n) is 14.8. The molecule has 0 aliphatic carbocycles. The molecule has 0 heterocycles. The van der Waals surface area contributed by atoms with Crippen molar-refractivity contribution >= 4 is 23.6 Å². The van der Waals surface area contributed by atoms with Crippen LogP contribution in [0.2, 0.25) is 0 Å². The summed E-state index contributed by atoms with van der Waals surface area (Å²) in [7, 11) is 1.40. The fourth-order valence-electron chi connectivity index (χ4n) is 2.38. The van der Waals surface area contributed by atoms with Crippen LogP contribution in [0.1, 0.15) is 22.3 Å². The molecule has 1 N–H and O–H groups in total. The van der Waals surface area contributed by atoms with Crippen molar-refractivity contribution in [3.05, 3.63) is 65.7 Å². The van der Waals surface area contributed by atoms with Gasteiger partial charge in [-0.15, -0.1) is 11.8 Å². The summed E-state index contributed by atoms with van der Waals surface area (Å²) < 4.78 is 0. The number of nitriles is 1. The molecule has 0 fully saturated rings. The van der Waals surface area contributed by atoms with Crippen molar-refractivity contribution in [2.75, 3.05) is 12.8 Å². The number of carbonyl (C=O) groups excluding carboxylic acids is 2. The molecule has 0 unspecified atom stereocenters. The predicted octanol–water partition coefficient (Wildman–Crippen LogP) is 3.22. The molecule has 0 saturated heterocycles. The van der Waals surface area contributed by atoms with E-state index in [9.17, 15) is 9.59 Å². The molecule has 2 amide bonds. The highest BCUT2D eigenvalue weighted by Gasteiger charge is 2.24. The van der Waals surface area contributed by atoms with E-state index in [-0.39, 0.29) is 5.91 Å². The van der Waals surface area contributed by atoms with Gasteiger partial charge in [0.05, 0.1) is 0 Å². The fourth-order valence-corrected chi connectivity index (χ4v) is 3.42. The van der Waals surface area contributed by atoms with Gasteiger partial charge in [-0.05, 0) is 37.1 Å². The van der Waals surface area contributed by atoms with Gasteiger partial charge >= 0.3 is 0 Å². The van der Waals surface area contributed by atoms with E-state index in [0.29, 0.717) is 17.7 Å². The standard InChI is InChI=1S/C20H21N3O2S/c1-15-8-6-7-11-18(15)26-13-12-17(20(25)23(2)14-21)22-19(24)16-9-4-3-5-10-16/h3-11,17H,12-13H2,1-2H3,(H,22,24)/t17-/m1/s1. The van der Waals surface area contributed by atoms with Crippen LogP contribution in [0.15, 0.2) is 59.5 Å². The van der Waals surface area contributed by atoms with Crippen LogP contribution < -0.4 is 5.32 Å². The third-order valence-electron chi connectivity index (χ3n) is 3.88. The zero-order chi connectivity index (χ0) is 18.9. The summed E-state index contributed by atoms with van der Waals surface area (Å²) in [5.41, 5.74) is 1.65. The lowest BCUT2D eigenvalue weighted by molar-refractivity contribution is -0.129. The molecule has 2 aromatic carbocycles. The second-order valence-corrected chi connectivity index (χ2v) is 6.93. The molecule has 5 nitrogen and oxygen atoms in total. The fraction of sp³-hybridized carbons (Fsp3) is 0.250. The van der Waals surface area contributed by atoms with Gasteiger partial charge in [-0.2, -0.15) is 5.26 Å². The summed E-state index contributed by atoms with van der Waals surface area (Å²) in [6.07, 6.45) is 2.23. The van der Waals surface area contributed by atoms with Crippen molar-refractivity contribution in [1.82, 2.24) is 10.2 Å². The van der Waals surface area contributed by atoms with Crippen molar-refractivity contribution in [3.63, 3.8) is 0 Å². The summed E-state index contributed by atoms with van der Waals surface area (Å²) >= 11 is 1.63. The molecular weight excluding hydrogens is 346 g/mol. The summed E-state index contributed by atoms with van der Waals surface area (Å²) in [4.78, 5) is 26.9. The maximum atomic E-state index is 12.4. The van der Waals surface area contributed by atoms with Gasteiger partial charge in [-0.1, -0.05) is 36.4 Å². The predicted molar refractivity (Wildman–Crippen MR) is 103 cm³/mol. The minimum absolute atomic E-state index is 0.323. The number of amides is 2. The first-order chi connectivity index (χ1) is 12.5. The lowest BCUT2D eigenvalue weighted by Gasteiger charge is -2.20. The Morgan fingerprint density at radius 3 is 2.46 bits per heavy atom. The molecule has 0 aliphatic rings. The molecule has 0 aromatic heterocycles. The lowest BCUT2D eigenvalue weighted by atomic mass is 10.1. The van der Waals surface area contributed by atoms with Gasteiger partial charge in [0.2, 0.25) is 0 Å². The molecule has 0 spiro atoms. The number of hydrogen-bond donors (Lipinski definition) is 1. The third kappa shape index (κ3) is 5.36. The quantitative estimate of drug-likeness (QED) is 0.463. The van der Waals surface area contributed by atoms with Crippen LogP contribution in [0, 0.1) is 18.4 Å². The van der Waals surface area contributed by atoms with Crippen LogP contribution in [-0.2, 0) is 4.79 Å². The summed E-state index contributed by atoms with van der Waals surface area (Å²) in [6.45, 7) is 2.03. The number of carbonyl (C=O) groups is 2. The van der Waals surface area contributed by atoms with Gasteiger partial charge in [0.15, 0.2) is 6.19 Å². The van der Waals surface area contributed by atoms with Crippen LogP contribution in [0.5, 0.6) is 0 Å². The van der Waals surface area contributed by atoms with E-state index < -0.39 is 11.9 Å². The molecule has 2 aromatic rings. The highest BCUT2D eigenvalue weighted by molar-refractivity contribution is 7.99. The molecule has 0 aliphatic heterocycles. The van der Waals surface area contributed by atoms with Crippen molar-refractivity contribution in [1.29, 1.82) is 5.26 Å². The Kier molecular flexibility index (Phi) is 7.24. The largest absolute Gasteiger partial charge is 0.340 e. The molecule has 6 heteroatoms. The maximum absolute atomic E-state index is 12.4. The molecule has 0 bridgehead atoms. The van der Waals surface area contributed by atoms with E-state index >= 15 is 0 Å². The van der Waals surface area contributed by atoms with Crippen molar-refractivity contribution in [2.24, 2.45) is 0 Å². The normalized spacial score (nSPS) is 11.3. The summed E-state index contributed by atoms with van der Waals surface area (Å²) in [5, 5.41) is 11.7. The zero-order valence-corrected chi connectivity index (χ0v) is 15.6. The highest BCUT2D eigenvalue weighted by atomic mass is 32.2. The van der Waals surface area contributed by atoms with Crippen LogP contribution in [0.25, 0.3) is 0 Å². The second kappa shape index (κ2) is 9.64. The molecule has 1 atom stereocenters. The SMILES string of the molecule is Cc1ccccc1SCC[C@@H](NC(=O)c1ccccc1)C(=O)N(C)C#N. The number of rotatable bonds is 7. The van der Waals surface area contributed by atoms with E-state index in [2.05, 4.69) is 5.32 Å². The third-order valence-corrected chi connectivity index (χ3v) is 5.09. The van der Waals surface area contributed by atoms with E-state index in [1.807, 2.05) is 37.3 Å². The second-order valence-electron chi connectivity index (χ2n) is 5.79. The number of likely N-dealkylation sites (N-methyl/N-ethyl adjacent to an activating group) is 1. The smallest absolute Gasteiger partial charge is 0.257 e. The van der Waals surface area contributed by atoms with Crippen molar-refractivity contribution in [2.45, 2.75) is 24.3 Å². The van der Waals surface area contributed by atoms with Crippen LogP contribution in [0.4, 0.5) is 0 Å². The van der Waals surface area contributed by atoms with E-state index in [4.69, 9.17) is 5.26 Å². The highest BCUT2D eigenvalue weighted by Crippen LogP contribution is 2.23. The van der Waals surface area contributed by atoms with Gasteiger partial charge in [-0.25, -0.2) is 0 Å². The lowest BCUT2D eigenvalue weighted by Crippen LogP contribution is -2.46. The molecule has 2 rings (SSSR count). The van der Waals surface area contributed by atoms with E-state index in [1.165, 1.54) is 12.6 Å². The van der Waals surface area contributed by atoms with Crippen LogP contribution in [0.3, 0.4) is 0 Å². The summed E-state index contributed by atoms with van der Waals surface area (Å²) in [6, 6.07) is 16.0. The Balaban J connectivity index is 2.04. The number of benzene rings is 2. The molecule has 0 saturated carbocycles. The first-order valence-electron chi connectivity index (χ1n) is 8.24. The van der Waals surface area contributed by atoms with Gasteiger partial charge in [-0.3, -0.25) is 14.5 Å². The Morgan fingerprint density at radius 1 is 1.15 bits per heavy atom. The summed E-state index contributed by atoms with van der Waals surface area (Å²) in [5.74, 6) is -0.0892. The first-order valence-corrected chi connectivity index (χ1v) is 9.23. The van der Waals surface area contributed by atoms with Crippen molar-refractivity contribution in [3.8, 4) is 6.19 Å². The van der Waals surface area contributed by atoms with Gasteiger partial charge in [0, 0.05) is 23.3 Å². The molecular formula is C20H21N3O2S. The van der Waals surface area contributed by atoms with Crippen LogP contribution >= 0.6 is 11.8 Å². The number of nitrogens with zero attached hydrogens (tertiary/aromatic N) is 2. The van der Waals surface area contributed by atoms with Gasteiger partial charge in [0.1, 0.15) is 6.04 Å². The first kappa shape index (κ1) is 19.5. The van der Waals surface area contributed by atoms with Gasteiger partial charge in [0.25, 0.3) is 11.8 Å². The van der Waals surface area contributed by atoms with Crippen LogP contribution in [-0.4, -0.2) is 35.6 Å². The topological polar surface area (TPSA) is 73.2 Å². The van der Waals surface area contributed by atoms with Gasteiger partial charge < -0.3 is 5.32 Å². The number of thioether (sulfide) groups is 1. The average Bonchev–Trinajstić information content (AvgIpc) is 2.68. The minimum Gasteiger partial charge on any atom is -0.340 e. The van der Waals surface area contributed by atoms with E-state index in [0.717, 1.165) is 9.80 Å². The molecule has 0 radical (unpaired) electrons. The monoisotopic (exact) mass is 367 g/mol. The minimum atomic E-state index is -0.746. The molecule has 26 heavy (non-hydrogen) atoms. The Hall–Kier alpha value is -2.78. The van der Waals surface area contributed by atoms with E-state index in [1.54, 1.807) is 42.2 Å². The Bertz CT molecular complexity index is 802. The Labute approximate surface area is 158 Å². The number of aryl methyl sites for hydroxylation is 1. The average molecular weight is 367 g/mol. The maximum Gasteiger partial charge on any atom is 0.257 e. The number of nitrogens with one attached hydrogen (secondary N) is 1. The Morgan fingerprint density at radius 2 is 1.81 bits per heavy atom. The van der Waals surface area contributed by atoms with Crippen molar-refractivity contribution < 1.29 is 9.59 Å².